The van der Waals surface area contributed by atoms with Crippen LogP contribution in [0.25, 0.3) is 11.0 Å². The summed E-state index contributed by atoms with van der Waals surface area (Å²) in [6.45, 7) is 1.99. The van der Waals surface area contributed by atoms with Crippen molar-refractivity contribution in [3.63, 3.8) is 0 Å². The van der Waals surface area contributed by atoms with Gasteiger partial charge in [-0.1, -0.05) is 30.3 Å². The van der Waals surface area contributed by atoms with Crippen molar-refractivity contribution >= 4 is 22.7 Å². The van der Waals surface area contributed by atoms with Crippen LogP contribution in [0, 0.1) is 6.92 Å². The lowest BCUT2D eigenvalue weighted by atomic mass is 10.1. The number of aryl methyl sites for hydroxylation is 1. The van der Waals surface area contributed by atoms with Crippen molar-refractivity contribution in [1.82, 2.24) is 5.32 Å². The fraction of sp³-hybridized carbons (Fsp3) is 0.211. The molecule has 23 heavy (non-hydrogen) atoms. The van der Waals surface area contributed by atoms with Crippen LogP contribution in [0.5, 0.6) is 0 Å². The van der Waals surface area contributed by atoms with E-state index < -0.39 is 0 Å². The summed E-state index contributed by atoms with van der Waals surface area (Å²) in [6.07, 6.45) is 3.68. The quantitative estimate of drug-likeness (QED) is 0.745. The highest BCUT2D eigenvalue weighted by Crippen LogP contribution is 2.45. The maximum atomic E-state index is 12.4. The van der Waals surface area contributed by atoms with E-state index in [1.807, 2.05) is 43.3 Å². The van der Waals surface area contributed by atoms with Crippen LogP contribution in [-0.4, -0.2) is 6.03 Å². The number of carbonyl (C=O) groups excluding carboxylic acids is 1. The van der Waals surface area contributed by atoms with E-state index in [2.05, 4.69) is 22.8 Å². The zero-order chi connectivity index (χ0) is 15.9. The van der Waals surface area contributed by atoms with E-state index in [-0.39, 0.29) is 11.6 Å². The molecule has 0 spiro atoms. The van der Waals surface area contributed by atoms with Gasteiger partial charge in [0.05, 0.1) is 11.8 Å². The lowest BCUT2D eigenvalue weighted by molar-refractivity contribution is 0.247. The number of urea groups is 1. The molecule has 4 rings (SSSR count). The van der Waals surface area contributed by atoms with Crippen LogP contribution < -0.4 is 10.6 Å². The topological polar surface area (TPSA) is 54.3 Å². The number of rotatable bonds is 3. The summed E-state index contributed by atoms with van der Waals surface area (Å²) in [6, 6.07) is 15.6. The number of anilines is 1. The van der Waals surface area contributed by atoms with Crippen LogP contribution in [0.4, 0.5) is 10.5 Å². The Balaban J connectivity index is 1.50. The Labute approximate surface area is 134 Å². The van der Waals surface area contributed by atoms with Crippen LogP contribution in [0.1, 0.15) is 24.0 Å². The minimum atomic E-state index is -0.207. The second-order valence-corrected chi connectivity index (χ2v) is 6.16. The van der Waals surface area contributed by atoms with E-state index >= 15 is 0 Å². The average molecular weight is 306 g/mol. The summed E-state index contributed by atoms with van der Waals surface area (Å²) in [5.41, 5.74) is 3.61. The molecule has 1 heterocycles. The van der Waals surface area contributed by atoms with Gasteiger partial charge in [-0.2, -0.15) is 0 Å². The first-order chi connectivity index (χ1) is 11.2. The van der Waals surface area contributed by atoms with Crippen molar-refractivity contribution < 1.29 is 9.21 Å². The van der Waals surface area contributed by atoms with E-state index in [9.17, 15) is 4.79 Å². The molecule has 1 aliphatic carbocycles. The highest BCUT2D eigenvalue weighted by atomic mass is 16.3. The summed E-state index contributed by atoms with van der Waals surface area (Å²) in [5.74, 6) is 0. The molecular formula is C19H18N2O2. The highest BCUT2D eigenvalue weighted by molar-refractivity contribution is 5.93. The third-order valence-corrected chi connectivity index (χ3v) is 4.45. The van der Waals surface area contributed by atoms with E-state index in [4.69, 9.17) is 4.42 Å². The van der Waals surface area contributed by atoms with E-state index in [1.54, 1.807) is 6.26 Å². The molecule has 4 heteroatoms. The van der Waals surface area contributed by atoms with Gasteiger partial charge in [-0.15, -0.1) is 0 Å². The Kier molecular flexibility index (Phi) is 3.11. The van der Waals surface area contributed by atoms with Gasteiger partial charge in [0.25, 0.3) is 0 Å². The zero-order valence-electron chi connectivity index (χ0n) is 12.9. The first-order valence-electron chi connectivity index (χ1n) is 7.79. The van der Waals surface area contributed by atoms with Crippen molar-refractivity contribution in [2.45, 2.75) is 25.3 Å². The first kappa shape index (κ1) is 13.9. The number of hydrogen-bond donors (Lipinski definition) is 2. The molecule has 1 aromatic heterocycles. The summed E-state index contributed by atoms with van der Waals surface area (Å²) in [5, 5.41) is 7.06. The van der Waals surface area contributed by atoms with Gasteiger partial charge in [0.2, 0.25) is 0 Å². The van der Waals surface area contributed by atoms with E-state index in [0.29, 0.717) is 0 Å². The van der Waals surface area contributed by atoms with Crippen LogP contribution in [0.2, 0.25) is 0 Å². The Morgan fingerprint density at radius 2 is 1.91 bits per heavy atom. The molecule has 0 bridgehead atoms. The van der Waals surface area contributed by atoms with Crippen molar-refractivity contribution in [1.29, 1.82) is 0 Å². The van der Waals surface area contributed by atoms with Gasteiger partial charge in [-0.05, 0) is 49.1 Å². The molecule has 1 saturated carbocycles. The first-order valence-corrected chi connectivity index (χ1v) is 7.79. The number of nitrogens with one attached hydrogen (secondary N) is 2. The van der Waals surface area contributed by atoms with Crippen molar-refractivity contribution in [2.24, 2.45) is 0 Å². The Hall–Kier alpha value is -2.75. The molecular weight excluding hydrogens is 288 g/mol. The van der Waals surface area contributed by atoms with Crippen LogP contribution in [0.3, 0.4) is 0 Å². The Morgan fingerprint density at radius 1 is 1.13 bits per heavy atom. The lowest BCUT2D eigenvalue weighted by Crippen LogP contribution is -2.38. The molecule has 0 radical (unpaired) electrons. The second-order valence-electron chi connectivity index (χ2n) is 6.16. The molecule has 0 atom stereocenters. The van der Waals surface area contributed by atoms with E-state index in [1.165, 1.54) is 0 Å². The van der Waals surface area contributed by atoms with Crippen LogP contribution in [0.15, 0.2) is 59.2 Å². The fourth-order valence-electron chi connectivity index (χ4n) is 2.98. The largest absolute Gasteiger partial charge is 0.464 e. The van der Waals surface area contributed by atoms with Crippen LogP contribution >= 0.6 is 0 Å². The number of benzene rings is 2. The summed E-state index contributed by atoms with van der Waals surface area (Å²) in [7, 11) is 0. The third-order valence-electron chi connectivity index (χ3n) is 4.45. The SMILES string of the molecule is Cc1coc2ccc(NC(=O)NC3(c4ccccc4)CC3)cc12. The van der Waals surface area contributed by atoms with Crippen molar-refractivity contribution in [3.05, 3.63) is 65.9 Å². The molecule has 1 aliphatic rings. The van der Waals surface area contributed by atoms with Crippen molar-refractivity contribution in [3.8, 4) is 0 Å². The number of fused-ring (bicyclic) bond motifs is 1. The van der Waals surface area contributed by atoms with Gasteiger partial charge < -0.3 is 15.1 Å². The third kappa shape index (κ3) is 2.57. The Bertz CT molecular complexity index is 863. The maximum Gasteiger partial charge on any atom is 0.319 e. The van der Waals surface area contributed by atoms with Crippen LogP contribution in [-0.2, 0) is 5.54 Å². The fourth-order valence-corrected chi connectivity index (χ4v) is 2.98. The maximum absolute atomic E-state index is 12.4. The minimum absolute atomic E-state index is 0.174. The molecule has 2 aromatic carbocycles. The van der Waals surface area contributed by atoms with Gasteiger partial charge >= 0.3 is 6.03 Å². The molecule has 3 aromatic rings. The van der Waals surface area contributed by atoms with Gasteiger partial charge in [0.15, 0.2) is 0 Å². The second kappa shape index (κ2) is 5.16. The predicted molar refractivity (Wildman–Crippen MR) is 90.5 cm³/mol. The van der Waals surface area contributed by atoms with Gasteiger partial charge in [-0.3, -0.25) is 0 Å². The molecule has 2 N–H and O–H groups in total. The zero-order valence-corrected chi connectivity index (χ0v) is 12.9. The summed E-state index contributed by atoms with van der Waals surface area (Å²) >= 11 is 0. The minimum Gasteiger partial charge on any atom is -0.464 e. The lowest BCUT2D eigenvalue weighted by Gasteiger charge is -2.18. The van der Waals surface area contributed by atoms with Crippen molar-refractivity contribution in [2.75, 3.05) is 5.32 Å². The highest BCUT2D eigenvalue weighted by Gasteiger charge is 2.45. The standard InChI is InChI=1S/C19H18N2O2/c1-13-12-23-17-8-7-15(11-16(13)17)20-18(22)21-19(9-10-19)14-5-3-2-4-6-14/h2-8,11-12H,9-10H2,1H3,(H2,20,21,22). The number of hydrogen-bond acceptors (Lipinski definition) is 2. The molecule has 1 fully saturated rings. The smallest absolute Gasteiger partial charge is 0.319 e. The molecule has 4 nitrogen and oxygen atoms in total. The summed E-state index contributed by atoms with van der Waals surface area (Å²) < 4.78 is 5.43. The number of furan rings is 1. The van der Waals surface area contributed by atoms with Gasteiger partial charge in [0, 0.05) is 11.1 Å². The predicted octanol–water partition coefficient (Wildman–Crippen LogP) is 4.55. The molecule has 0 unspecified atom stereocenters. The monoisotopic (exact) mass is 306 g/mol. The van der Waals surface area contributed by atoms with Gasteiger partial charge in [-0.25, -0.2) is 4.79 Å². The number of amides is 2. The van der Waals surface area contributed by atoms with Gasteiger partial charge in [0.1, 0.15) is 5.58 Å². The molecule has 116 valence electrons. The number of carbonyl (C=O) groups is 1. The molecule has 2 amide bonds. The Morgan fingerprint density at radius 3 is 2.65 bits per heavy atom. The molecule has 0 aliphatic heterocycles. The summed E-state index contributed by atoms with van der Waals surface area (Å²) in [4.78, 5) is 12.4. The average Bonchev–Trinajstić information content (AvgIpc) is 3.26. The normalized spacial score (nSPS) is 15.3. The molecule has 0 saturated heterocycles. The van der Waals surface area contributed by atoms with E-state index in [0.717, 1.165) is 40.6 Å².